The lowest BCUT2D eigenvalue weighted by molar-refractivity contribution is -0.123. The second kappa shape index (κ2) is 11.5. The number of hydrogen-bond acceptors (Lipinski definition) is 4. The molecular weight excluding hydrogens is 504 g/mol. The molecular formula is C32H34N4O2S. The summed E-state index contributed by atoms with van der Waals surface area (Å²) in [7, 11) is 0. The molecule has 0 radical (unpaired) electrons. The van der Waals surface area contributed by atoms with E-state index in [1.807, 2.05) is 60.1 Å². The summed E-state index contributed by atoms with van der Waals surface area (Å²) in [6.45, 7) is 8.72. The minimum atomic E-state index is -0.180. The molecule has 1 unspecified atom stereocenters. The van der Waals surface area contributed by atoms with E-state index < -0.39 is 0 Å². The SMILES string of the molecule is Cc1cccc(C2SCC(=O)N(CC(=O)NCC(C)C)c3c2c(-c2ccccc2)nn3-c2cccc(C)c2)c1. The zero-order valence-corrected chi connectivity index (χ0v) is 23.7. The second-order valence-corrected chi connectivity index (χ2v) is 11.6. The number of thioether (sulfide) groups is 1. The summed E-state index contributed by atoms with van der Waals surface area (Å²) < 4.78 is 1.85. The molecule has 1 aliphatic rings. The number of carbonyl (C=O) groups excluding carboxylic acids is 2. The average Bonchev–Trinajstić information content (AvgIpc) is 3.25. The van der Waals surface area contributed by atoms with Crippen LogP contribution < -0.4 is 10.2 Å². The van der Waals surface area contributed by atoms with E-state index in [-0.39, 0.29) is 29.4 Å². The minimum Gasteiger partial charge on any atom is -0.354 e. The van der Waals surface area contributed by atoms with Crippen molar-refractivity contribution in [2.24, 2.45) is 5.92 Å². The van der Waals surface area contributed by atoms with Gasteiger partial charge in [-0.05, 0) is 43.0 Å². The molecule has 0 saturated heterocycles. The first-order chi connectivity index (χ1) is 18.8. The number of fused-ring (bicyclic) bond motifs is 1. The van der Waals surface area contributed by atoms with Crippen LogP contribution in [0.1, 0.15) is 41.4 Å². The van der Waals surface area contributed by atoms with Gasteiger partial charge < -0.3 is 5.32 Å². The number of amides is 2. The predicted octanol–water partition coefficient (Wildman–Crippen LogP) is 6.10. The Bertz CT molecular complexity index is 1500. The van der Waals surface area contributed by atoms with Gasteiger partial charge >= 0.3 is 0 Å². The fraction of sp³-hybridized carbons (Fsp3) is 0.281. The van der Waals surface area contributed by atoms with Crippen molar-refractivity contribution in [3.05, 3.63) is 101 Å². The summed E-state index contributed by atoms with van der Waals surface area (Å²) >= 11 is 1.59. The van der Waals surface area contributed by atoms with Crippen molar-refractivity contribution in [1.29, 1.82) is 0 Å². The fourth-order valence-corrected chi connectivity index (χ4v) is 6.07. The lowest BCUT2D eigenvalue weighted by Gasteiger charge is -2.23. The Labute approximate surface area is 234 Å². The van der Waals surface area contributed by atoms with E-state index in [1.165, 1.54) is 0 Å². The maximum atomic E-state index is 13.8. The molecule has 3 aromatic carbocycles. The van der Waals surface area contributed by atoms with Crippen molar-refractivity contribution in [3.8, 4) is 16.9 Å². The van der Waals surface area contributed by atoms with Gasteiger partial charge in [0.05, 0.1) is 22.4 Å². The first-order valence-electron chi connectivity index (χ1n) is 13.3. The molecule has 0 spiro atoms. The van der Waals surface area contributed by atoms with Gasteiger partial charge in [-0.2, -0.15) is 5.10 Å². The second-order valence-electron chi connectivity index (χ2n) is 10.5. The van der Waals surface area contributed by atoms with Crippen molar-refractivity contribution >= 4 is 29.4 Å². The minimum absolute atomic E-state index is 0.0641. The Morgan fingerprint density at radius 2 is 1.72 bits per heavy atom. The molecule has 2 heterocycles. The van der Waals surface area contributed by atoms with Crippen LogP contribution >= 0.6 is 11.8 Å². The molecule has 0 aliphatic carbocycles. The maximum absolute atomic E-state index is 13.8. The molecule has 5 rings (SSSR count). The van der Waals surface area contributed by atoms with Gasteiger partial charge in [0.25, 0.3) is 0 Å². The molecule has 1 aliphatic heterocycles. The number of nitrogens with one attached hydrogen (secondary N) is 1. The third kappa shape index (κ3) is 5.78. The van der Waals surface area contributed by atoms with Crippen LogP contribution in [0.4, 0.5) is 5.82 Å². The standard InChI is InChI=1S/C32H34N4O2S/c1-21(2)18-33-27(37)19-35-28(38)20-39-31(25-14-8-10-22(3)16-25)29-30(24-12-6-5-7-13-24)34-36(32(29)35)26-15-9-11-23(4)17-26/h5-17,21,31H,18-20H2,1-4H3,(H,33,37). The predicted molar refractivity (Wildman–Crippen MR) is 159 cm³/mol. The molecule has 39 heavy (non-hydrogen) atoms. The van der Waals surface area contributed by atoms with E-state index in [2.05, 4.69) is 56.4 Å². The highest BCUT2D eigenvalue weighted by atomic mass is 32.2. The number of hydrogen-bond donors (Lipinski definition) is 1. The lowest BCUT2D eigenvalue weighted by atomic mass is 9.98. The number of nitrogens with zero attached hydrogens (tertiary/aromatic N) is 3. The highest BCUT2D eigenvalue weighted by Crippen LogP contribution is 2.48. The van der Waals surface area contributed by atoms with E-state index in [9.17, 15) is 9.59 Å². The van der Waals surface area contributed by atoms with Crippen LogP contribution in [-0.2, 0) is 9.59 Å². The Morgan fingerprint density at radius 1 is 1.00 bits per heavy atom. The topological polar surface area (TPSA) is 67.2 Å². The third-order valence-corrected chi connectivity index (χ3v) is 7.99. The van der Waals surface area contributed by atoms with E-state index in [1.54, 1.807) is 16.7 Å². The van der Waals surface area contributed by atoms with Gasteiger partial charge in [0.15, 0.2) is 0 Å². The van der Waals surface area contributed by atoms with E-state index in [4.69, 9.17) is 5.10 Å². The van der Waals surface area contributed by atoms with Crippen LogP contribution in [-0.4, -0.2) is 40.4 Å². The molecule has 0 saturated carbocycles. The normalized spacial score (nSPS) is 15.3. The largest absolute Gasteiger partial charge is 0.354 e. The highest BCUT2D eigenvalue weighted by Gasteiger charge is 2.37. The molecule has 4 aromatic rings. The smallest absolute Gasteiger partial charge is 0.240 e. The van der Waals surface area contributed by atoms with Crippen LogP contribution in [0.25, 0.3) is 16.9 Å². The van der Waals surface area contributed by atoms with Crippen LogP contribution in [0.2, 0.25) is 0 Å². The average molecular weight is 539 g/mol. The Kier molecular flexibility index (Phi) is 7.89. The van der Waals surface area contributed by atoms with Crippen LogP contribution in [0.3, 0.4) is 0 Å². The quantitative estimate of drug-likeness (QED) is 0.309. The monoisotopic (exact) mass is 538 g/mol. The number of carbonyl (C=O) groups is 2. The molecule has 0 bridgehead atoms. The van der Waals surface area contributed by atoms with Gasteiger partial charge in [0, 0.05) is 17.7 Å². The van der Waals surface area contributed by atoms with Crippen molar-refractivity contribution in [3.63, 3.8) is 0 Å². The van der Waals surface area contributed by atoms with Gasteiger partial charge in [0.1, 0.15) is 12.4 Å². The number of aryl methyl sites for hydroxylation is 2. The maximum Gasteiger partial charge on any atom is 0.240 e. The van der Waals surface area contributed by atoms with Crippen molar-refractivity contribution in [2.75, 3.05) is 23.7 Å². The van der Waals surface area contributed by atoms with Gasteiger partial charge in [-0.25, -0.2) is 4.68 Å². The molecule has 6 nitrogen and oxygen atoms in total. The first kappa shape index (κ1) is 26.8. The summed E-state index contributed by atoms with van der Waals surface area (Å²) in [5.41, 5.74) is 6.93. The van der Waals surface area contributed by atoms with E-state index >= 15 is 0 Å². The number of benzene rings is 3. The van der Waals surface area contributed by atoms with Gasteiger partial charge in [-0.3, -0.25) is 14.5 Å². The summed E-state index contributed by atoms with van der Waals surface area (Å²) in [6, 6.07) is 26.6. The molecule has 1 aromatic heterocycles. The number of rotatable bonds is 7. The van der Waals surface area contributed by atoms with E-state index in [0.29, 0.717) is 18.3 Å². The summed E-state index contributed by atoms with van der Waals surface area (Å²) in [4.78, 5) is 28.5. The van der Waals surface area contributed by atoms with Gasteiger partial charge in [-0.15, -0.1) is 11.8 Å². The van der Waals surface area contributed by atoms with Crippen LogP contribution in [0.5, 0.6) is 0 Å². The molecule has 2 amide bonds. The van der Waals surface area contributed by atoms with Crippen LogP contribution in [0, 0.1) is 19.8 Å². The first-order valence-corrected chi connectivity index (χ1v) is 14.4. The number of aromatic nitrogens is 2. The lowest BCUT2D eigenvalue weighted by Crippen LogP contribution is -2.43. The summed E-state index contributed by atoms with van der Waals surface area (Å²) in [5.74, 6) is 0.936. The van der Waals surface area contributed by atoms with Crippen molar-refractivity contribution in [2.45, 2.75) is 32.9 Å². The molecule has 1 N–H and O–H groups in total. The molecule has 0 fully saturated rings. The summed E-state index contributed by atoms with van der Waals surface area (Å²) in [5, 5.41) is 8.01. The Balaban J connectivity index is 1.77. The van der Waals surface area contributed by atoms with Crippen molar-refractivity contribution < 1.29 is 9.59 Å². The highest BCUT2D eigenvalue weighted by molar-refractivity contribution is 8.00. The fourth-order valence-electron chi connectivity index (χ4n) is 4.88. The Hall–Kier alpha value is -3.84. The summed E-state index contributed by atoms with van der Waals surface area (Å²) in [6.07, 6.45) is 0. The Morgan fingerprint density at radius 3 is 2.41 bits per heavy atom. The molecule has 7 heteroatoms. The molecule has 200 valence electrons. The van der Waals surface area contributed by atoms with Crippen molar-refractivity contribution in [1.82, 2.24) is 15.1 Å². The van der Waals surface area contributed by atoms with Crippen LogP contribution in [0.15, 0.2) is 78.9 Å². The van der Waals surface area contributed by atoms with Gasteiger partial charge in [0.2, 0.25) is 11.8 Å². The zero-order chi connectivity index (χ0) is 27.5. The third-order valence-electron chi connectivity index (χ3n) is 6.74. The molecule has 1 atom stereocenters. The van der Waals surface area contributed by atoms with Gasteiger partial charge in [-0.1, -0.05) is 86.1 Å². The number of anilines is 1. The van der Waals surface area contributed by atoms with E-state index in [0.717, 1.165) is 39.2 Å². The zero-order valence-electron chi connectivity index (χ0n) is 22.8.